The highest BCUT2D eigenvalue weighted by Gasteiger charge is 2.28. The van der Waals surface area contributed by atoms with E-state index in [4.69, 9.17) is 0 Å². The summed E-state index contributed by atoms with van der Waals surface area (Å²) in [6.45, 7) is 3.22. The maximum atomic E-state index is 12.2. The van der Waals surface area contributed by atoms with Crippen LogP contribution < -0.4 is 5.32 Å². The minimum absolute atomic E-state index is 0.250. The van der Waals surface area contributed by atoms with Crippen molar-refractivity contribution in [1.29, 1.82) is 0 Å². The van der Waals surface area contributed by atoms with E-state index in [0.29, 0.717) is 5.37 Å². The third-order valence-electron chi connectivity index (χ3n) is 5.54. The fraction of sp³-hybridized carbons (Fsp3) is 0.600. The molecule has 1 fully saturated rings. The molecule has 3 atom stereocenters. The normalized spacial score (nSPS) is 22.0. The summed E-state index contributed by atoms with van der Waals surface area (Å²) in [7, 11) is -2.65. The molecule has 0 saturated carbocycles. The molecular formula is C20H28N2O5S. The Kier molecular flexibility index (Phi) is 7.23. The van der Waals surface area contributed by atoms with Gasteiger partial charge < -0.3 is 15.5 Å². The van der Waals surface area contributed by atoms with Crippen LogP contribution in [0.3, 0.4) is 0 Å². The molecule has 1 heterocycles. The summed E-state index contributed by atoms with van der Waals surface area (Å²) in [6.07, 6.45) is 2.85. The Labute approximate surface area is 166 Å². The Morgan fingerprint density at radius 1 is 1.21 bits per heavy atom. The second-order valence-electron chi connectivity index (χ2n) is 7.66. The average Bonchev–Trinajstić information content (AvgIpc) is 2.67. The van der Waals surface area contributed by atoms with E-state index in [1.807, 2.05) is 6.07 Å². The van der Waals surface area contributed by atoms with Gasteiger partial charge >= 0.3 is 0 Å². The first-order valence-electron chi connectivity index (χ1n) is 9.87. The van der Waals surface area contributed by atoms with E-state index in [2.05, 4.69) is 22.3 Å². The molecule has 154 valence electrons. The quantitative estimate of drug-likeness (QED) is 0.594. The number of aliphatic hydroxyl groups excluding tert-OH is 2. The maximum Gasteiger partial charge on any atom is 0.252 e. The van der Waals surface area contributed by atoms with Crippen LogP contribution in [0.15, 0.2) is 18.2 Å². The van der Waals surface area contributed by atoms with Crippen molar-refractivity contribution in [3.8, 4) is 0 Å². The highest BCUT2D eigenvalue weighted by Crippen LogP contribution is 2.31. The standard InChI is InChI=1S/C20H28N2O5S/c23-18(13-28(26)27)19(24)20(25)21-17-6-4-5-15-11-14(7-8-16(15)17)12-22-9-2-1-3-10-22/h7-8,11,13,17-19,23-24H,1-6,9-10,12H2,(H,21,25)/t17-,18-,19-/m1/s1. The van der Waals surface area contributed by atoms with Gasteiger partial charge in [0.2, 0.25) is 10.3 Å². The molecule has 3 N–H and O–H groups in total. The number of nitrogens with zero attached hydrogens (tertiary/aromatic N) is 1. The molecular weight excluding hydrogens is 380 g/mol. The number of fused-ring (bicyclic) bond motifs is 1. The Balaban J connectivity index is 1.67. The van der Waals surface area contributed by atoms with Gasteiger partial charge in [0.25, 0.3) is 5.91 Å². The Morgan fingerprint density at radius 2 is 1.96 bits per heavy atom. The number of likely N-dealkylation sites (tertiary alicyclic amines) is 1. The van der Waals surface area contributed by atoms with Crippen LogP contribution in [0.5, 0.6) is 0 Å². The Hall–Kier alpha value is -1.74. The zero-order valence-corrected chi connectivity index (χ0v) is 16.7. The van der Waals surface area contributed by atoms with Crippen LogP contribution in [-0.4, -0.2) is 60.1 Å². The first kappa shape index (κ1) is 21.0. The minimum Gasteiger partial charge on any atom is -0.385 e. The third kappa shape index (κ3) is 5.41. The number of hydrogen-bond acceptors (Lipinski definition) is 6. The number of carbonyl (C=O) groups excluding carboxylic acids is 1. The zero-order valence-electron chi connectivity index (χ0n) is 15.9. The summed E-state index contributed by atoms with van der Waals surface area (Å²) in [5.74, 6) is -0.774. The van der Waals surface area contributed by atoms with Crippen LogP contribution in [0.4, 0.5) is 0 Å². The first-order valence-corrected chi connectivity index (χ1v) is 11.0. The molecule has 1 aliphatic carbocycles. The predicted octanol–water partition coefficient (Wildman–Crippen LogP) is 0.569. The molecule has 1 saturated heterocycles. The molecule has 1 aliphatic heterocycles. The van der Waals surface area contributed by atoms with Gasteiger partial charge in [0.1, 0.15) is 6.10 Å². The summed E-state index contributed by atoms with van der Waals surface area (Å²) < 4.78 is 21.2. The lowest BCUT2D eigenvalue weighted by atomic mass is 9.86. The van der Waals surface area contributed by atoms with E-state index in [1.165, 1.54) is 30.4 Å². The van der Waals surface area contributed by atoms with E-state index in [9.17, 15) is 23.4 Å². The third-order valence-corrected chi connectivity index (χ3v) is 6.04. The molecule has 0 unspecified atom stereocenters. The number of amides is 1. The topological polar surface area (TPSA) is 107 Å². The Bertz CT molecular complexity index is 825. The van der Waals surface area contributed by atoms with E-state index < -0.39 is 28.4 Å². The van der Waals surface area contributed by atoms with Gasteiger partial charge in [-0.05, 0) is 61.9 Å². The van der Waals surface area contributed by atoms with Crippen LogP contribution in [-0.2, 0) is 28.1 Å². The SMILES string of the molecule is O=C(N[C@@H]1CCCc2cc(CN3CCCCC3)ccc21)[C@H](O)[C@H](O)C=S(=O)=O. The molecule has 0 radical (unpaired) electrons. The molecule has 1 aromatic rings. The van der Waals surface area contributed by atoms with Gasteiger partial charge in [-0.2, -0.15) is 8.42 Å². The van der Waals surface area contributed by atoms with Gasteiger partial charge in [-0.25, -0.2) is 0 Å². The van der Waals surface area contributed by atoms with Crippen molar-refractivity contribution in [3.05, 3.63) is 34.9 Å². The predicted molar refractivity (Wildman–Crippen MR) is 106 cm³/mol. The van der Waals surface area contributed by atoms with Gasteiger partial charge in [-0.15, -0.1) is 0 Å². The number of benzene rings is 1. The van der Waals surface area contributed by atoms with Crippen molar-refractivity contribution < 1.29 is 23.4 Å². The monoisotopic (exact) mass is 408 g/mol. The number of carbonyl (C=O) groups is 1. The van der Waals surface area contributed by atoms with Crippen molar-refractivity contribution in [3.63, 3.8) is 0 Å². The number of hydrogen-bond donors (Lipinski definition) is 3. The number of rotatable bonds is 6. The lowest BCUT2D eigenvalue weighted by Gasteiger charge is -2.30. The molecule has 1 aromatic carbocycles. The van der Waals surface area contributed by atoms with Gasteiger partial charge in [0.15, 0.2) is 6.10 Å². The van der Waals surface area contributed by atoms with Gasteiger partial charge in [-0.1, -0.05) is 24.6 Å². The van der Waals surface area contributed by atoms with Crippen LogP contribution in [0.1, 0.15) is 54.8 Å². The zero-order chi connectivity index (χ0) is 20.1. The Morgan fingerprint density at radius 3 is 2.68 bits per heavy atom. The summed E-state index contributed by atoms with van der Waals surface area (Å²) in [5.41, 5.74) is 3.50. The van der Waals surface area contributed by atoms with E-state index in [1.54, 1.807) is 0 Å². The van der Waals surface area contributed by atoms with Crippen molar-refractivity contribution in [1.82, 2.24) is 10.2 Å². The molecule has 0 aromatic heterocycles. The van der Waals surface area contributed by atoms with E-state index in [-0.39, 0.29) is 6.04 Å². The van der Waals surface area contributed by atoms with Gasteiger partial charge in [0, 0.05) is 6.54 Å². The summed E-state index contributed by atoms with van der Waals surface area (Å²) >= 11 is 0. The summed E-state index contributed by atoms with van der Waals surface area (Å²) in [5, 5.41) is 22.7. The highest BCUT2D eigenvalue weighted by molar-refractivity contribution is 7.71. The number of piperidine rings is 1. The van der Waals surface area contributed by atoms with Crippen molar-refractivity contribution in [2.24, 2.45) is 0 Å². The first-order chi connectivity index (χ1) is 13.4. The largest absolute Gasteiger partial charge is 0.385 e. The molecule has 2 aliphatic rings. The average molecular weight is 409 g/mol. The van der Waals surface area contributed by atoms with Crippen molar-refractivity contribution in [2.45, 2.75) is 63.3 Å². The van der Waals surface area contributed by atoms with Crippen molar-refractivity contribution >= 4 is 21.6 Å². The van der Waals surface area contributed by atoms with Crippen LogP contribution in [0, 0.1) is 0 Å². The number of nitrogens with one attached hydrogen (secondary N) is 1. The van der Waals surface area contributed by atoms with Crippen LogP contribution in [0.2, 0.25) is 0 Å². The lowest BCUT2D eigenvalue weighted by Crippen LogP contribution is -2.44. The van der Waals surface area contributed by atoms with Gasteiger partial charge in [-0.3, -0.25) is 9.69 Å². The molecule has 1 amide bonds. The van der Waals surface area contributed by atoms with E-state index in [0.717, 1.165) is 44.5 Å². The molecule has 28 heavy (non-hydrogen) atoms. The lowest BCUT2D eigenvalue weighted by molar-refractivity contribution is -0.133. The summed E-state index contributed by atoms with van der Waals surface area (Å²) in [4.78, 5) is 14.7. The second kappa shape index (κ2) is 9.65. The maximum absolute atomic E-state index is 12.2. The second-order valence-corrected chi connectivity index (χ2v) is 8.45. The molecule has 0 spiro atoms. The number of aliphatic hydroxyl groups is 2. The van der Waals surface area contributed by atoms with Crippen LogP contribution in [0.25, 0.3) is 0 Å². The fourth-order valence-corrected chi connectivity index (χ4v) is 4.47. The van der Waals surface area contributed by atoms with Gasteiger partial charge in [0.05, 0.1) is 11.4 Å². The van der Waals surface area contributed by atoms with E-state index >= 15 is 0 Å². The smallest absolute Gasteiger partial charge is 0.252 e. The molecule has 7 nitrogen and oxygen atoms in total. The summed E-state index contributed by atoms with van der Waals surface area (Å²) in [6, 6.07) is 6.10. The van der Waals surface area contributed by atoms with Crippen LogP contribution >= 0.6 is 0 Å². The van der Waals surface area contributed by atoms with Crippen molar-refractivity contribution in [2.75, 3.05) is 13.1 Å². The fourth-order valence-electron chi connectivity index (χ4n) is 4.09. The molecule has 8 heteroatoms. The molecule has 3 rings (SSSR count). The number of aryl methyl sites for hydroxylation is 1. The molecule has 0 bridgehead atoms. The highest BCUT2D eigenvalue weighted by atomic mass is 32.2. The minimum atomic E-state index is -2.65.